The summed E-state index contributed by atoms with van der Waals surface area (Å²) < 4.78 is 0. The molecule has 70 valence electrons. The maximum atomic E-state index is 8.48. The first kappa shape index (κ1) is 11.2. The third-order valence-corrected chi connectivity index (χ3v) is 3.05. The van der Waals surface area contributed by atoms with E-state index in [-0.39, 0.29) is 0 Å². The van der Waals surface area contributed by atoms with Gasteiger partial charge in [-0.3, -0.25) is 4.85 Å². The molecule has 1 unspecified atom stereocenters. The van der Waals surface area contributed by atoms with Crippen LogP contribution in [0, 0.1) is 17.2 Å². The maximum absolute atomic E-state index is 8.48. The van der Waals surface area contributed by atoms with E-state index in [2.05, 4.69) is 4.85 Å². The second-order valence-electron chi connectivity index (χ2n) is 2.33. The maximum Gasteiger partial charge on any atom is 0.308 e. The largest absolute Gasteiger partial charge is 0.308 e. The third-order valence-electron chi connectivity index (χ3n) is 1.53. The molecule has 0 aliphatic heterocycles. The van der Waals surface area contributed by atoms with Crippen LogP contribution in [0.4, 0.5) is 0 Å². The molecule has 0 saturated carbocycles. The van der Waals surface area contributed by atoms with Crippen LogP contribution in [0.3, 0.4) is 0 Å². The predicted molar refractivity (Wildman–Crippen MR) is 59.0 cm³/mol. The molecule has 0 N–H and O–H groups in total. The lowest BCUT2D eigenvalue weighted by molar-refractivity contribution is 1.23. The summed E-state index contributed by atoms with van der Waals surface area (Å²) in [6.07, 6.45) is 0. The molecule has 14 heavy (non-hydrogen) atoms. The average Bonchev–Trinajstić information content (AvgIpc) is 2.19. The molecule has 1 rings (SSSR count). The summed E-state index contributed by atoms with van der Waals surface area (Å²) in [4.78, 5) is 3.30. The molecule has 0 aliphatic rings. The van der Waals surface area contributed by atoms with Crippen molar-refractivity contribution in [3.63, 3.8) is 0 Å². The van der Waals surface area contributed by atoms with Gasteiger partial charge in [0.1, 0.15) is 5.40 Å². The number of thiocyanates is 1. The van der Waals surface area contributed by atoms with Crippen molar-refractivity contribution < 1.29 is 0 Å². The van der Waals surface area contributed by atoms with E-state index in [1.807, 2.05) is 5.40 Å². The molecule has 0 spiro atoms. The Labute approximate surface area is 96.3 Å². The molecule has 2 nitrogen and oxygen atoms in total. The lowest BCUT2D eigenvalue weighted by atomic mass is 10.2. The smallest absolute Gasteiger partial charge is 0.295 e. The van der Waals surface area contributed by atoms with Gasteiger partial charge in [-0.1, -0.05) is 29.3 Å². The van der Waals surface area contributed by atoms with Crippen LogP contribution in [0.2, 0.25) is 10.0 Å². The van der Waals surface area contributed by atoms with Gasteiger partial charge in [0, 0.05) is 11.8 Å². The molecule has 0 heterocycles. The van der Waals surface area contributed by atoms with Crippen LogP contribution in [-0.4, -0.2) is 0 Å². The van der Waals surface area contributed by atoms with Crippen molar-refractivity contribution in [1.29, 1.82) is 5.26 Å². The highest BCUT2D eigenvalue weighted by molar-refractivity contribution is 8.04. The molecule has 1 aromatic carbocycles. The normalized spacial score (nSPS) is 11.4. The van der Waals surface area contributed by atoms with Crippen LogP contribution in [0.1, 0.15) is 10.9 Å². The van der Waals surface area contributed by atoms with Crippen LogP contribution < -0.4 is 0 Å². The van der Waals surface area contributed by atoms with Crippen molar-refractivity contribution in [3.8, 4) is 5.40 Å². The van der Waals surface area contributed by atoms with E-state index in [9.17, 15) is 0 Å². The summed E-state index contributed by atoms with van der Waals surface area (Å²) in [7, 11) is 0. The number of rotatable bonds is 2. The first-order valence-electron chi connectivity index (χ1n) is 3.56. The number of halogens is 2. The Morgan fingerprint density at radius 1 is 1.50 bits per heavy atom. The van der Waals surface area contributed by atoms with E-state index in [1.165, 1.54) is 0 Å². The zero-order chi connectivity index (χ0) is 10.6. The van der Waals surface area contributed by atoms with E-state index in [0.29, 0.717) is 15.6 Å². The van der Waals surface area contributed by atoms with E-state index >= 15 is 0 Å². The molecule has 1 aromatic rings. The van der Waals surface area contributed by atoms with Crippen molar-refractivity contribution in [2.75, 3.05) is 0 Å². The summed E-state index contributed by atoms with van der Waals surface area (Å²) in [6.45, 7) is 6.92. The van der Waals surface area contributed by atoms with E-state index < -0.39 is 5.37 Å². The SMILES string of the molecule is [C-]#[N+]C(SC#N)c1cccc(Cl)c1Cl. The van der Waals surface area contributed by atoms with Crippen LogP contribution >= 0.6 is 35.0 Å². The lowest BCUT2D eigenvalue weighted by Crippen LogP contribution is -1.88. The highest BCUT2D eigenvalue weighted by Crippen LogP contribution is 2.37. The first-order valence-corrected chi connectivity index (χ1v) is 5.19. The number of benzene rings is 1. The fourth-order valence-corrected chi connectivity index (χ4v) is 1.87. The van der Waals surface area contributed by atoms with Gasteiger partial charge in [-0.25, -0.2) is 6.57 Å². The minimum Gasteiger partial charge on any atom is -0.295 e. The van der Waals surface area contributed by atoms with Gasteiger partial charge in [-0.2, -0.15) is 5.26 Å². The molecule has 0 amide bonds. The summed E-state index contributed by atoms with van der Waals surface area (Å²) in [6, 6.07) is 5.05. The second kappa shape index (κ2) is 5.12. The van der Waals surface area contributed by atoms with Gasteiger partial charge in [0.2, 0.25) is 0 Å². The van der Waals surface area contributed by atoms with E-state index in [1.54, 1.807) is 18.2 Å². The summed E-state index contributed by atoms with van der Waals surface area (Å²) in [5, 5.41) is 10.5. The van der Waals surface area contributed by atoms with Gasteiger partial charge >= 0.3 is 5.37 Å². The minimum absolute atomic E-state index is 0.345. The summed E-state index contributed by atoms with van der Waals surface area (Å²) in [5.74, 6) is 0. The Morgan fingerprint density at radius 3 is 2.79 bits per heavy atom. The molecule has 0 fully saturated rings. The standard InChI is InChI=1S/C9H4Cl2N2S/c1-13-9(14-5-12)6-3-2-4-7(10)8(6)11/h2-4,9H. The molecule has 0 radical (unpaired) electrons. The van der Waals surface area contributed by atoms with E-state index in [0.717, 1.165) is 11.8 Å². The quantitative estimate of drug-likeness (QED) is 0.577. The Balaban J connectivity index is 3.13. The first-order chi connectivity index (χ1) is 6.70. The number of thioether (sulfide) groups is 1. The number of nitriles is 1. The van der Waals surface area contributed by atoms with Gasteiger partial charge in [0.25, 0.3) is 0 Å². The van der Waals surface area contributed by atoms with Crippen molar-refractivity contribution >= 4 is 35.0 Å². The van der Waals surface area contributed by atoms with Gasteiger partial charge < -0.3 is 0 Å². The molecule has 1 atom stereocenters. The Bertz CT molecular complexity index is 420. The monoisotopic (exact) mass is 242 g/mol. The predicted octanol–water partition coefficient (Wildman–Crippen LogP) is 4.13. The molecule has 0 aliphatic carbocycles. The van der Waals surface area contributed by atoms with Crippen molar-refractivity contribution in [2.45, 2.75) is 5.37 Å². The van der Waals surface area contributed by atoms with Crippen LogP contribution in [0.5, 0.6) is 0 Å². The average molecular weight is 243 g/mol. The molecular weight excluding hydrogens is 239 g/mol. The number of hydrogen-bond donors (Lipinski definition) is 0. The highest BCUT2D eigenvalue weighted by Gasteiger charge is 2.20. The Morgan fingerprint density at radius 2 is 2.21 bits per heavy atom. The van der Waals surface area contributed by atoms with Crippen molar-refractivity contribution in [3.05, 3.63) is 45.2 Å². The molecule has 0 bridgehead atoms. The fourth-order valence-electron chi connectivity index (χ4n) is 0.921. The summed E-state index contributed by atoms with van der Waals surface area (Å²) in [5.41, 5.74) is 0.584. The molecule has 0 saturated heterocycles. The van der Waals surface area contributed by atoms with Gasteiger partial charge in [-0.15, -0.1) is 0 Å². The van der Waals surface area contributed by atoms with Gasteiger partial charge in [0.05, 0.1) is 15.6 Å². The zero-order valence-electron chi connectivity index (χ0n) is 6.87. The van der Waals surface area contributed by atoms with Gasteiger partial charge in [0.15, 0.2) is 0 Å². The Hall–Kier alpha value is -0.870. The fraction of sp³-hybridized carbons (Fsp3) is 0.111. The number of hydrogen-bond acceptors (Lipinski definition) is 2. The van der Waals surface area contributed by atoms with Crippen LogP contribution in [-0.2, 0) is 0 Å². The summed E-state index contributed by atoms with van der Waals surface area (Å²) >= 11 is 12.6. The van der Waals surface area contributed by atoms with Crippen molar-refractivity contribution in [1.82, 2.24) is 0 Å². The zero-order valence-corrected chi connectivity index (χ0v) is 9.20. The Kier molecular flexibility index (Phi) is 4.10. The second-order valence-corrected chi connectivity index (χ2v) is 3.98. The van der Waals surface area contributed by atoms with Crippen LogP contribution in [0.15, 0.2) is 18.2 Å². The van der Waals surface area contributed by atoms with E-state index in [4.69, 9.17) is 35.0 Å². The molecular formula is C9H4Cl2N2S. The number of nitrogens with zero attached hydrogens (tertiary/aromatic N) is 2. The minimum atomic E-state index is -0.605. The molecule has 5 heteroatoms. The third kappa shape index (κ3) is 2.33. The van der Waals surface area contributed by atoms with Gasteiger partial charge in [-0.05, 0) is 12.1 Å². The van der Waals surface area contributed by atoms with Crippen LogP contribution in [0.25, 0.3) is 4.85 Å². The van der Waals surface area contributed by atoms with Crippen molar-refractivity contribution in [2.24, 2.45) is 0 Å². The highest BCUT2D eigenvalue weighted by atomic mass is 35.5. The topological polar surface area (TPSA) is 28.1 Å². The lowest BCUT2D eigenvalue weighted by Gasteiger charge is -2.04. The molecule has 0 aromatic heterocycles.